The topological polar surface area (TPSA) is 46.5 Å². The van der Waals surface area contributed by atoms with Gasteiger partial charge in [-0.1, -0.05) is 26.7 Å². The molecule has 0 bridgehead atoms. The summed E-state index contributed by atoms with van der Waals surface area (Å²) in [6.07, 6.45) is 3.85. The summed E-state index contributed by atoms with van der Waals surface area (Å²) < 4.78 is 16.1. The smallest absolute Gasteiger partial charge is 0.324 e. The van der Waals surface area contributed by atoms with Crippen LogP contribution < -0.4 is 0 Å². The normalized spacial score (nSPS) is 14.7. The van der Waals surface area contributed by atoms with E-state index in [1.54, 1.807) is 0 Å². The summed E-state index contributed by atoms with van der Waals surface area (Å²) in [5, 5.41) is 0. The molecule has 0 heterocycles. The van der Waals surface area contributed by atoms with Crippen LogP contribution in [0.3, 0.4) is 0 Å². The Bertz CT molecular complexity index is 152. The summed E-state index contributed by atoms with van der Waals surface area (Å²) in [5.41, 5.74) is 0. The molecule has 3 nitrogen and oxygen atoms in total. The Morgan fingerprint density at radius 3 is 2.23 bits per heavy atom. The maximum Gasteiger partial charge on any atom is 0.328 e. The second-order valence-electron chi connectivity index (χ2n) is 2.90. The van der Waals surface area contributed by atoms with Crippen molar-refractivity contribution in [1.82, 2.24) is 0 Å². The maximum absolute atomic E-state index is 11.2. The SMILES string of the molecule is CCCCOP(=O)(O)CCCC.[Ni]. The molecule has 1 atom stereocenters. The van der Waals surface area contributed by atoms with Crippen molar-refractivity contribution in [2.24, 2.45) is 0 Å². The van der Waals surface area contributed by atoms with Crippen LogP contribution in [0.2, 0.25) is 0 Å². The van der Waals surface area contributed by atoms with E-state index in [0.29, 0.717) is 12.8 Å². The van der Waals surface area contributed by atoms with E-state index in [2.05, 4.69) is 0 Å². The van der Waals surface area contributed by atoms with Crippen molar-refractivity contribution >= 4 is 7.60 Å². The van der Waals surface area contributed by atoms with Crippen LogP contribution in [-0.4, -0.2) is 17.7 Å². The predicted octanol–water partition coefficient (Wildman–Crippen LogP) is 2.79. The standard InChI is InChI=1S/C8H19O3P.Ni/c1-3-5-7-11-12(9,10)8-6-4-2;/h3-8H2,1-2H3,(H,9,10);. The Balaban J connectivity index is 0. The molecule has 1 N–H and O–H groups in total. The molecule has 0 aliphatic rings. The summed E-state index contributed by atoms with van der Waals surface area (Å²) in [6, 6.07) is 0. The minimum atomic E-state index is -3.24. The molecule has 0 saturated heterocycles. The Labute approximate surface area is 90.7 Å². The minimum absolute atomic E-state index is 0. The van der Waals surface area contributed by atoms with Crippen molar-refractivity contribution in [2.45, 2.75) is 39.5 Å². The monoisotopic (exact) mass is 252 g/mol. The number of unbranched alkanes of at least 4 members (excludes halogenated alkanes) is 2. The van der Waals surface area contributed by atoms with Gasteiger partial charge in [-0.3, -0.25) is 4.57 Å². The summed E-state index contributed by atoms with van der Waals surface area (Å²) in [6.45, 7) is 4.43. The van der Waals surface area contributed by atoms with Crippen LogP contribution in [0.1, 0.15) is 39.5 Å². The second kappa shape index (κ2) is 9.21. The van der Waals surface area contributed by atoms with Crippen molar-refractivity contribution in [3.8, 4) is 0 Å². The average Bonchev–Trinajstić information content (AvgIpc) is 2.01. The van der Waals surface area contributed by atoms with Gasteiger partial charge in [-0.2, -0.15) is 0 Å². The van der Waals surface area contributed by atoms with Crippen molar-refractivity contribution in [3.05, 3.63) is 0 Å². The van der Waals surface area contributed by atoms with Crippen LogP contribution in [0.5, 0.6) is 0 Å². The molecule has 0 aromatic heterocycles. The Morgan fingerprint density at radius 1 is 1.23 bits per heavy atom. The molecule has 84 valence electrons. The van der Waals surface area contributed by atoms with E-state index >= 15 is 0 Å². The van der Waals surface area contributed by atoms with Gasteiger partial charge < -0.3 is 9.42 Å². The molecule has 0 rings (SSSR count). The Kier molecular flexibility index (Phi) is 11.4. The zero-order valence-corrected chi connectivity index (χ0v) is 10.2. The molecule has 0 fully saturated rings. The van der Waals surface area contributed by atoms with E-state index in [4.69, 9.17) is 4.52 Å². The van der Waals surface area contributed by atoms with Crippen LogP contribution >= 0.6 is 7.60 Å². The third-order valence-electron chi connectivity index (χ3n) is 1.59. The Morgan fingerprint density at radius 2 is 1.77 bits per heavy atom. The van der Waals surface area contributed by atoms with Crippen LogP contribution in [-0.2, 0) is 25.6 Å². The number of hydrogen-bond donors (Lipinski definition) is 1. The van der Waals surface area contributed by atoms with Gasteiger partial charge in [0.25, 0.3) is 0 Å². The van der Waals surface area contributed by atoms with Gasteiger partial charge in [-0.15, -0.1) is 0 Å². The number of hydrogen-bond acceptors (Lipinski definition) is 2. The summed E-state index contributed by atoms with van der Waals surface area (Å²) >= 11 is 0. The van der Waals surface area contributed by atoms with E-state index in [0.717, 1.165) is 25.7 Å². The minimum Gasteiger partial charge on any atom is -0.324 e. The van der Waals surface area contributed by atoms with Crippen LogP contribution in [0.4, 0.5) is 0 Å². The summed E-state index contributed by atoms with van der Waals surface area (Å²) in [4.78, 5) is 9.21. The molecular formula is C8H19NiO3P. The molecule has 0 saturated carbocycles. The van der Waals surface area contributed by atoms with Crippen LogP contribution in [0.15, 0.2) is 0 Å². The molecule has 0 aliphatic heterocycles. The molecule has 5 heteroatoms. The van der Waals surface area contributed by atoms with Crippen molar-refractivity contribution in [1.29, 1.82) is 0 Å². The van der Waals surface area contributed by atoms with Gasteiger partial charge >= 0.3 is 7.60 Å². The number of rotatable bonds is 7. The van der Waals surface area contributed by atoms with E-state index in [1.807, 2.05) is 13.8 Å². The van der Waals surface area contributed by atoms with Crippen molar-refractivity contribution in [2.75, 3.05) is 12.8 Å². The molecule has 0 aliphatic carbocycles. The van der Waals surface area contributed by atoms with Gasteiger partial charge in [0.1, 0.15) is 0 Å². The zero-order valence-electron chi connectivity index (χ0n) is 8.27. The summed E-state index contributed by atoms with van der Waals surface area (Å²) in [7, 11) is -3.24. The van der Waals surface area contributed by atoms with E-state index < -0.39 is 7.60 Å². The van der Waals surface area contributed by atoms with E-state index in [1.165, 1.54) is 0 Å². The van der Waals surface area contributed by atoms with Gasteiger partial charge in [-0.05, 0) is 12.8 Å². The first-order valence-corrected chi connectivity index (χ1v) is 6.35. The van der Waals surface area contributed by atoms with Gasteiger partial charge in [0.2, 0.25) is 0 Å². The third-order valence-corrected chi connectivity index (χ3v) is 3.05. The van der Waals surface area contributed by atoms with Crippen LogP contribution in [0, 0.1) is 0 Å². The molecule has 0 spiro atoms. The first-order chi connectivity index (χ1) is 5.62. The zero-order chi connectivity index (χ0) is 9.45. The molecule has 0 amide bonds. The molecule has 0 aromatic carbocycles. The quantitative estimate of drug-likeness (QED) is 0.431. The van der Waals surface area contributed by atoms with Gasteiger partial charge in [-0.25, -0.2) is 0 Å². The maximum atomic E-state index is 11.2. The molecule has 0 radical (unpaired) electrons. The first-order valence-electron chi connectivity index (χ1n) is 4.58. The molecular weight excluding hydrogens is 234 g/mol. The fourth-order valence-electron chi connectivity index (χ4n) is 0.774. The van der Waals surface area contributed by atoms with E-state index in [-0.39, 0.29) is 16.5 Å². The fourth-order valence-corrected chi connectivity index (χ4v) is 2.03. The largest absolute Gasteiger partial charge is 0.328 e. The Hall–Kier alpha value is 0.644. The van der Waals surface area contributed by atoms with Gasteiger partial charge in [0.05, 0.1) is 6.61 Å². The summed E-state index contributed by atoms with van der Waals surface area (Å²) in [5.74, 6) is 0. The third kappa shape index (κ3) is 10.6. The van der Waals surface area contributed by atoms with E-state index in [9.17, 15) is 9.46 Å². The van der Waals surface area contributed by atoms with Gasteiger partial charge in [0.15, 0.2) is 0 Å². The van der Waals surface area contributed by atoms with Crippen LogP contribution in [0.25, 0.3) is 0 Å². The molecule has 1 unspecified atom stereocenters. The average molecular weight is 253 g/mol. The van der Waals surface area contributed by atoms with Gasteiger partial charge in [0, 0.05) is 22.7 Å². The predicted molar refractivity (Wildman–Crippen MR) is 50.5 cm³/mol. The second-order valence-corrected chi connectivity index (χ2v) is 4.88. The fraction of sp³-hybridized carbons (Fsp3) is 1.00. The first kappa shape index (κ1) is 16.1. The molecule has 13 heavy (non-hydrogen) atoms. The molecule has 0 aromatic rings. The van der Waals surface area contributed by atoms with Crippen molar-refractivity contribution in [3.63, 3.8) is 0 Å². The van der Waals surface area contributed by atoms with Crippen molar-refractivity contribution < 1.29 is 30.5 Å².